The minimum atomic E-state index is -2.26. The molecule has 6 nitrogen and oxygen atoms in total. The van der Waals surface area contributed by atoms with Crippen molar-refractivity contribution in [1.82, 2.24) is 20.2 Å². The number of hydrogen-bond acceptors (Lipinski definition) is 5. The summed E-state index contributed by atoms with van der Waals surface area (Å²) in [5.41, 5.74) is 0.576. The summed E-state index contributed by atoms with van der Waals surface area (Å²) < 4.78 is 23.1. The maximum absolute atomic E-state index is 10.7. The molecule has 1 unspecified atom stereocenters. The minimum absolute atomic E-state index is 0. The first kappa shape index (κ1) is 13.7. The van der Waals surface area contributed by atoms with Crippen molar-refractivity contribution in [1.29, 1.82) is 0 Å². The third kappa shape index (κ3) is 2.84. The summed E-state index contributed by atoms with van der Waals surface area (Å²) in [7, 11) is 0. The Kier molecular flexibility index (Phi) is 4.96. The van der Waals surface area contributed by atoms with Gasteiger partial charge in [-0.1, -0.05) is 16.4 Å². The van der Waals surface area contributed by atoms with E-state index >= 15 is 0 Å². The molecule has 0 spiro atoms. The van der Waals surface area contributed by atoms with Gasteiger partial charge in [-0.25, -0.2) is 4.68 Å². The maximum Gasteiger partial charge on any atom is 1.00 e. The van der Waals surface area contributed by atoms with Crippen LogP contribution in [0, 0.1) is 4.77 Å². The van der Waals surface area contributed by atoms with Gasteiger partial charge in [0, 0.05) is 4.90 Å². The van der Waals surface area contributed by atoms with E-state index in [1.807, 2.05) is 0 Å². The Bertz CT molecular complexity index is 567. The summed E-state index contributed by atoms with van der Waals surface area (Å²) in [6.45, 7) is 0. The molecule has 0 bridgehead atoms. The van der Waals surface area contributed by atoms with Gasteiger partial charge >= 0.3 is 29.6 Å². The molecule has 0 aliphatic rings. The molecule has 0 aliphatic carbocycles. The zero-order chi connectivity index (χ0) is 10.8. The van der Waals surface area contributed by atoms with Crippen LogP contribution in [0.15, 0.2) is 29.2 Å². The van der Waals surface area contributed by atoms with Gasteiger partial charge in [0.25, 0.3) is 0 Å². The van der Waals surface area contributed by atoms with Gasteiger partial charge in [-0.2, -0.15) is 5.21 Å². The smallest absolute Gasteiger partial charge is 0.768 e. The molecule has 0 aliphatic heterocycles. The molecule has 0 radical (unpaired) electrons. The van der Waals surface area contributed by atoms with Crippen molar-refractivity contribution in [3.63, 3.8) is 0 Å². The molecule has 1 aromatic heterocycles. The number of benzene rings is 1. The number of nitrogens with one attached hydrogen (secondary N) is 1. The Morgan fingerprint density at radius 3 is 2.81 bits per heavy atom. The molecule has 1 N–H and O–H groups in total. The normalized spacial score (nSPS) is 11.8. The molecule has 78 valence electrons. The van der Waals surface area contributed by atoms with Gasteiger partial charge in [0.05, 0.1) is 5.69 Å². The van der Waals surface area contributed by atoms with Gasteiger partial charge in [0.2, 0.25) is 4.77 Å². The average molecular weight is 264 g/mol. The van der Waals surface area contributed by atoms with Gasteiger partial charge in [0.1, 0.15) is 0 Å². The van der Waals surface area contributed by atoms with Gasteiger partial charge in [-0.05, 0) is 41.5 Å². The first-order chi connectivity index (χ1) is 7.18. The Labute approximate surface area is 121 Å². The number of nitrogens with zero attached hydrogens (tertiary/aromatic N) is 3. The Morgan fingerprint density at radius 1 is 1.50 bits per heavy atom. The molecule has 0 saturated heterocycles. The minimum Gasteiger partial charge on any atom is -0.768 e. The van der Waals surface area contributed by atoms with Crippen LogP contribution in [0.2, 0.25) is 0 Å². The molecule has 0 amide bonds. The molecule has 2 rings (SSSR count). The summed E-state index contributed by atoms with van der Waals surface area (Å²) in [5.74, 6) is 0. The molecular formula is C7H5N4NaO2S2. The Hall–Kier alpha value is -0.380. The van der Waals surface area contributed by atoms with Crippen LogP contribution >= 0.6 is 12.2 Å². The summed E-state index contributed by atoms with van der Waals surface area (Å²) in [5, 5.41) is 9.63. The van der Waals surface area contributed by atoms with Crippen LogP contribution in [0.1, 0.15) is 0 Å². The van der Waals surface area contributed by atoms with Crippen LogP contribution < -0.4 is 29.6 Å². The SMILES string of the molecule is O=S([O-])c1cccc(-n2[nH]nnc2=S)c1.[Na+]. The standard InChI is InChI=1S/C7H6N4O2S2.Na/c12-15(13)6-3-1-2-5(4-6)11-7(14)8-9-10-11;/h1-4H,(H,12,13)(H,8,10,14);/q;+1/p-1. The van der Waals surface area contributed by atoms with E-state index in [4.69, 9.17) is 12.2 Å². The van der Waals surface area contributed by atoms with Crippen molar-refractivity contribution < 1.29 is 38.3 Å². The second kappa shape index (κ2) is 5.80. The Morgan fingerprint density at radius 2 is 2.25 bits per heavy atom. The molecule has 0 fully saturated rings. The van der Waals surface area contributed by atoms with Gasteiger partial charge in [-0.15, -0.1) is 0 Å². The summed E-state index contributed by atoms with van der Waals surface area (Å²) in [6.07, 6.45) is 0. The number of H-pyrrole nitrogens is 1. The molecule has 1 heterocycles. The maximum atomic E-state index is 10.7. The number of aromatic amines is 1. The van der Waals surface area contributed by atoms with E-state index in [1.54, 1.807) is 12.1 Å². The fraction of sp³-hybridized carbons (Fsp3) is 0. The van der Waals surface area contributed by atoms with Gasteiger partial charge in [0.15, 0.2) is 0 Å². The third-order valence-corrected chi connectivity index (χ3v) is 2.64. The first-order valence-corrected chi connectivity index (χ1v) is 5.36. The molecule has 1 aromatic carbocycles. The topological polar surface area (TPSA) is 86.6 Å². The predicted molar refractivity (Wildman–Crippen MR) is 53.7 cm³/mol. The second-order valence-electron chi connectivity index (χ2n) is 2.65. The van der Waals surface area contributed by atoms with E-state index in [1.165, 1.54) is 16.8 Å². The molecule has 9 heteroatoms. The van der Waals surface area contributed by atoms with Crippen LogP contribution in [0.5, 0.6) is 0 Å². The van der Waals surface area contributed by atoms with E-state index in [-0.39, 0.29) is 39.2 Å². The molecule has 2 aromatic rings. The van der Waals surface area contributed by atoms with E-state index in [0.29, 0.717) is 5.69 Å². The second-order valence-corrected chi connectivity index (χ2v) is 3.96. The van der Waals surface area contributed by atoms with E-state index in [0.717, 1.165) is 0 Å². The van der Waals surface area contributed by atoms with Crippen molar-refractivity contribution in [2.45, 2.75) is 4.90 Å². The van der Waals surface area contributed by atoms with E-state index in [9.17, 15) is 8.76 Å². The van der Waals surface area contributed by atoms with Crippen LogP contribution in [0.3, 0.4) is 0 Å². The van der Waals surface area contributed by atoms with Crippen LogP contribution in [0.25, 0.3) is 5.69 Å². The first-order valence-electron chi connectivity index (χ1n) is 3.88. The average Bonchev–Trinajstić information content (AvgIpc) is 2.64. The van der Waals surface area contributed by atoms with E-state index in [2.05, 4.69) is 15.5 Å². The Balaban J connectivity index is 0.00000128. The fourth-order valence-corrected chi connectivity index (χ4v) is 1.69. The molecule has 1 atom stereocenters. The monoisotopic (exact) mass is 264 g/mol. The van der Waals surface area contributed by atoms with Crippen molar-refractivity contribution in [2.24, 2.45) is 0 Å². The van der Waals surface area contributed by atoms with Crippen LogP contribution in [0.4, 0.5) is 0 Å². The van der Waals surface area contributed by atoms with Gasteiger partial charge in [-0.3, -0.25) is 4.21 Å². The molecule has 0 saturated carbocycles. The number of aromatic nitrogens is 4. The predicted octanol–water partition coefficient (Wildman–Crippen LogP) is -2.43. The fourth-order valence-electron chi connectivity index (χ4n) is 1.09. The molecule has 16 heavy (non-hydrogen) atoms. The number of hydrogen-bond donors (Lipinski definition) is 1. The van der Waals surface area contributed by atoms with E-state index < -0.39 is 11.1 Å². The van der Waals surface area contributed by atoms with Crippen LogP contribution in [-0.4, -0.2) is 29.0 Å². The zero-order valence-corrected chi connectivity index (χ0v) is 11.9. The number of rotatable bonds is 2. The zero-order valence-electron chi connectivity index (χ0n) is 8.28. The summed E-state index contributed by atoms with van der Waals surface area (Å²) >= 11 is 2.62. The summed E-state index contributed by atoms with van der Waals surface area (Å²) in [4.78, 5) is 0.184. The molecular weight excluding hydrogens is 259 g/mol. The van der Waals surface area contributed by atoms with Crippen molar-refractivity contribution in [3.05, 3.63) is 29.0 Å². The van der Waals surface area contributed by atoms with Gasteiger partial charge < -0.3 is 4.55 Å². The quantitative estimate of drug-likeness (QED) is 0.370. The van der Waals surface area contributed by atoms with Crippen LogP contribution in [-0.2, 0) is 11.1 Å². The number of tetrazole rings is 1. The summed E-state index contributed by atoms with van der Waals surface area (Å²) in [6, 6.07) is 6.27. The van der Waals surface area contributed by atoms with Crippen molar-refractivity contribution >= 4 is 23.3 Å². The third-order valence-electron chi connectivity index (χ3n) is 1.74. The van der Waals surface area contributed by atoms with Crippen molar-refractivity contribution in [3.8, 4) is 5.69 Å². The largest absolute Gasteiger partial charge is 1.00 e. The van der Waals surface area contributed by atoms with Crippen molar-refractivity contribution in [2.75, 3.05) is 0 Å².